The lowest BCUT2D eigenvalue weighted by atomic mass is 10.1. The summed E-state index contributed by atoms with van der Waals surface area (Å²) in [4.78, 5) is 20.6. The average molecular weight is 278 g/mol. The number of hydrogen-bond acceptors (Lipinski definition) is 4. The Morgan fingerprint density at radius 2 is 2.05 bits per heavy atom. The molecule has 0 unspecified atom stereocenters. The van der Waals surface area contributed by atoms with E-state index in [-0.39, 0.29) is 5.91 Å². The van der Waals surface area contributed by atoms with Gasteiger partial charge >= 0.3 is 0 Å². The van der Waals surface area contributed by atoms with Crippen LogP contribution in [0.1, 0.15) is 15.9 Å². The fraction of sp³-hybridized carbons (Fsp3) is 0.0625. The summed E-state index contributed by atoms with van der Waals surface area (Å²) in [7, 11) is 0. The van der Waals surface area contributed by atoms with E-state index in [1.54, 1.807) is 24.5 Å². The van der Waals surface area contributed by atoms with Crippen LogP contribution in [0.3, 0.4) is 0 Å². The zero-order valence-electron chi connectivity index (χ0n) is 11.3. The molecule has 0 atom stereocenters. The van der Waals surface area contributed by atoms with Crippen molar-refractivity contribution >= 4 is 22.6 Å². The highest BCUT2D eigenvalue weighted by Crippen LogP contribution is 2.14. The summed E-state index contributed by atoms with van der Waals surface area (Å²) >= 11 is 0. The van der Waals surface area contributed by atoms with Crippen LogP contribution in [0.2, 0.25) is 0 Å². The number of amides is 1. The van der Waals surface area contributed by atoms with Crippen molar-refractivity contribution in [3.05, 3.63) is 66.0 Å². The lowest BCUT2D eigenvalue weighted by Gasteiger charge is -2.06. The molecule has 1 aromatic carbocycles. The van der Waals surface area contributed by atoms with E-state index in [9.17, 15) is 4.79 Å². The molecule has 0 aliphatic rings. The Bertz CT molecular complexity index is 784. The molecule has 3 rings (SSSR count). The molecule has 0 saturated carbocycles. The van der Waals surface area contributed by atoms with E-state index in [4.69, 9.17) is 5.73 Å². The summed E-state index contributed by atoms with van der Waals surface area (Å²) in [6.45, 7) is 0.429. The predicted octanol–water partition coefficient (Wildman–Crippen LogP) is 2.34. The van der Waals surface area contributed by atoms with Gasteiger partial charge in [-0.3, -0.25) is 9.78 Å². The number of pyridine rings is 2. The Kier molecular flexibility index (Phi) is 3.57. The predicted molar refractivity (Wildman–Crippen MR) is 81.8 cm³/mol. The SMILES string of the molecule is NCc1ccc(NC(=O)c2ccc3ncccc3c2)nc1. The minimum absolute atomic E-state index is 0.200. The zero-order valence-corrected chi connectivity index (χ0v) is 11.3. The molecule has 0 saturated heterocycles. The number of carbonyl (C=O) groups is 1. The molecular weight excluding hydrogens is 264 g/mol. The van der Waals surface area contributed by atoms with Gasteiger partial charge in [0.15, 0.2) is 0 Å². The average Bonchev–Trinajstić information content (AvgIpc) is 2.55. The maximum absolute atomic E-state index is 12.2. The first-order valence-electron chi connectivity index (χ1n) is 6.57. The fourth-order valence-corrected chi connectivity index (χ4v) is 2.02. The zero-order chi connectivity index (χ0) is 14.7. The number of nitrogens with one attached hydrogen (secondary N) is 1. The van der Waals surface area contributed by atoms with Crippen molar-refractivity contribution in [2.24, 2.45) is 5.73 Å². The molecule has 0 aliphatic carbocycles. The quantitative estimate of drug-likeness (QED) is 0.770. The van der Waals surface area contributed by atoms with E-state index in [2.05, 4.69) is 15.3 Å². The first-order chi connectivity index (χ1) is 10.3. The number of anilines is 1. The largest absolute Gasteiger partial charge is 0.326 e. The third-order valence-electron chi connectivity index (χ3n) is 3.17. The second-order valence-electron chi connectivity index (χ2n) is 4.62. The Hall–Kier alpha value is -2.79. The van der Waals surface area contributed by atoms with Gasteiger partial charge in [0.2, 0.25) is 0 Å². The maximum Gasteiger partial charge on any atom is 0.256 e. The van der Waals surface area contributed by atoms with Gasteiger partial charge in [-0.15, -0.1) is 0 Å². The first-order valence-corrected chi connectivity index (χ1v) is 6.57. The van der Waals surface area contributed by atoms with Crippen LogP contribution in [-0.4, -0.2) is 15.9 Å². The topological polar surface area (TPSA) is 80.9 Å². The smallest absolute Gasteiger partial charge is 0.256 e. The van der Waals surface area contributed by atoms with Gasteiger partial charge in [-0.2, -0.15) is 0 Å². The lowest BCUT2D eigenvalue weighted by molar-refractivity contribution is 0.102. The molecule has 0 aliphatic heterocycles. The highest BCUT2D eigenvalue weighted by Gasteiger charge is 2.07. The van der Waals surface area contributed by atoms with Crippen LogP contribution in [0.5, 0.6) is 0 Å². The molecule has 104 valence electrons. The number of fused-ring (bicyclic) bond motifs is 1. The van der Waals surface area contributed by atoms with Crippen LogP contribution in [0, 0.1) is 0 Å². The third-order valence-corrected chi connectivity index (χ3v) is 3.17. The third kappa shape index (κ3) is 2.88. The highest BCUT2D eigenvalue weighted by molar-refractivity contribution is 6.05. The molecule has 0 radical (unpaired) electrons. The van der Waals surface area contributed by atoms with Crippen molar-refractivity contribution in [3.63, 3.8) is 0 Å². The molecule has 3 aromatic rings. The van der Waals surface area contributed by atoms with Crippen molar-refractivity contribution < 1.29 is 4.79 Å². The molecule has 5 heteroatoms. The molecular formula is C16H14N4O. The number of hydrogen-bond donors (Lipinski definition) is 2. The van der Waals surface area contributed by atoms with E-state index in [1.165, 1.54) is 0 Å². The van der Waals surface area contributed by atoms with Crippen molar-refractivity contribution in [2.45, 2.75) is 6.54 Å². The summed E-state index contributed by atoms with van der Waals surface area (Å²) in [5, 5.41) is 3.69. The number of nitrogens with zero attached hydrogens (tertiary/aromatic N) is 2. The molecule has 2 aromatic heterocycles. The molecule has 1 amide bonds. The highest BCUT2D eigenvalue weighted by atomic mass is 16.1. The van der Waals surface area contributed by atoms with Crippen LogP contribution in [0.25, 0.3) is 10.9 Å². The molecule has 0 fully saturated rings. The van der Waals surface area contributed by atoms with Gasteiger partial charge in [0.05, 0.1) is 5.52 Å². The second-order valence-corrected chi connectivity index (χ2v) is 4.62. The van der Waals surface area contributed by atoms with Gasteiger partial charge < -0.3 is 11.1 Å². The van der Waals surface area contributed by atoms with Crippen LogP contribution in [-0.2, 0) is 6.54 Å². The van der Waals surface area contributed by atoms with Crippen molar-refractivity contribution in [1.29, 1.82) is 0 Å². The molecule has 21 heavy (non-hydrogen) atoms. The van der Waals surface area contributed by atoms with E-state index in [0.29, 0.717) is 17.9 Å². The number of aromatic nitrogens is 2. The molecule has 0 spiro atoms. The second kappa shape index (κ2) is 5.68. The number of rotatable bonds is 3. The lowest BCUT2D eigenvalue weighted by Crippen LogP contribution is -2.13. The van der Waals surface area contributed by atoms with Crippen LogP contribution in [0.15, 0.2) is 54.9 Å². The van der Waals surface area contributed by atoms with E-state index >= 15 is 0 Å². The van der Waals surface area contributed by atoms with Crippen molar-refractivity contribution in [2.75, 3.05) is 5.32 Å². The monoisotopic (exact) mass is 278 g/mol. The number of benzene rings is 1. The number of carbonyl (C=O) groups excluding carboxylic acids is 1. The Morgan fingerprint density at radius 1 is 1.14 bits per heavy atom. The van der Waals surface area contributed by atoms with Crippen LogP contribution < -0.4 is 11.1 Å². The minimum atomic E-state index is -0.200. The molecule has 5 nitrogen and oxygen atoms in total. The first kappa shape index (κ1) is 13.2. The van der Waals surface area contributed by atoms with Gasteiger partial charge in [0.1, 0.15) is 5.82 Å². The van der Waals surface area contributed by atoms with Crippen molar-refractivity contribution in [1.82, 2.24) is 9.97 Å². The van der Waals surface area contributed by atoms with Gasteiger partial charge in [-0.05, 0) is 35.9 Å². The Balaban J connectivity index is 1.82. The standard InChI is InChI=1S/C16H14N4O/c17-9-11-3-6-15(19-10-11)20-16(21)13-4-5-14-12(8-13)2-1-7-18-14/h1-8,10H,9,17H2,(H,19,20,21). The summed E-state index contributed by atoms with van der Waals surface area (Å²) in [5.41, 5.74) is 7.86. The van der Waals surface area contributed by atoms with Gasteiger partial charge in [0.25, 0.3) is 5.91 Å². The van der Waals surface area contributed by atoms with Gasteiger partial charge in [-0.1, -0.05) is 12.1 Å². The molecule has 3 N–H and O–H groups in total. The van der Waals surface area contributed by atoms with Crippen LogP contribution >= 0.6 is 0 Å². The van der Waals surface area contributed by atoms with E-state index in [1.807, 2.05) is 30.3 Å². The Morgan fingerprint density at radius 3 is 2.81 bits per heavy atom. The minimum Gasteiger partial charge on any atom is -0.326 e. The van der Waals surface area contributed by atoms with E-state index in [0.717, 1.165) is 16.5 Å². The van der Waals surface area contributed by atoms with Crippen LogP contribution in [0.4, 0.5) is 5.82 Å². The fourth-order valence-electron chi connectivity index (χ4n) is 2.02. The summed E-state index contributed by atoms with van der Waals surface area (Å²) in [6, 6.07) is 12.7. The Labute approximate surface area is 121 Å². The van der Waals surface area contributed by atoms with Gasteiger partial charge in [-0.25, -0.2) is 4.98 Å². The summed E-state index contributed by atoms with van der Waals surface area (Å²) in [6.07, 6.45) is 3.38. The molecule has 2 heterocycles. The normalized spacial score (nSPS) is 10.5. The summed E-state index contributed by atoms with van der Waals surface area (Å²) in [5.74, 6) is 0.303. The molecule has 0 bridgehead atoms. The van der Waals surface area contributed by atoms with Crippen molar-refractivity contribution in [3.8, 4) is 0 Å². The summed E-state index contributed by atoms with van der Waals surface area (Å²) < 4.78 is 0. The number of nitrogens with two attached hydrogens (primary N) is 1. The maximum atomic E-state index is 12.2. The van der Waals surface area contributed by atoms with E-state index < -0.39 is 0 Å². The van der Waals surface area contributed by atoms with Gasteiger partial charge in [0, 0.05) is 29.9 Å².